The highest BCUT2D eigenvalue weighted by Crippen LogP contribution is 2.37. The van der Waals surface area contributed by atoms with Gasteiger partial charge >= 0.3 is 0 Å². The highest BCUT2D eigenvalue weighted by molar-refractivity contribution is 6.33. The molecule has 320 valence electrons. The van der Waals surface area contributed by atoms with Crippen LogP contribution in [0.5, 0.6) is 0 Å². The van der Waals surface area contributed by atoms with E-state index in [2.05, 4.69) is 65.3 Å². The summed E-state index contributed by atoms with van der Waals surface area (Å²) in [7, 11) is 0. The second-order valence-corrected chi connectivity index (χ2v) is 16.8. The molecule has 0 aliphatic carbocycles. The van der Waals surface area contributed by atoms with Gasteiger partial charge in [0.05, 0.1) is 45.9 Å². The molecule has 13 heteroatoms. The van der Waals surface area contributed by atoms with E-state index >= 15 is 4.79 Å². The molecule has 2 aromatic heterocycles. The number of pyridine rings is 2. The van der Waals surface area contributed by atoms with Crippen LogP contribution in [0.4, 0.5) is 43.2 Å². The lowest BCUT2D eigenvalue weighted by atomic mass is 9.88. The molecule has 2 aliphatic heterocycles. The first kappa shape index (κ1) is 43.1. The fourth-order valence-electron chi connectivity index (χ4n) is 8.45. The van der Waals surface area contributed by atoms with Crippen molar-refractivity contribution < 1.29 is 13.6 Å². The number of carbonyl (C=O) groups is 1. The van der Waals surface area contributed by atoms with Gasteiger partial charge < -0.3 is 21.3 Å². The minimum absolute atomic E-state index is 0.144. The zero-order valence-electron chi connectivity index (χ0n) is 34.4. The molecular weight excluding hydrogens is 825 g/mol. The summed E-state index contributed by atoms with van der Waals surface area (Å²) in [6.07, 6.45) is 9.57. The molecule has 2 saturated heterocycles. The van der Waals surface area contributed by atoms with Crippen LogP contribution in [0.25, 0.3) is 0 Å². The standard InChI is InChI=1S/C49H50Cl2F2N8O/c50-41-31-56-45(27-43(41)54-29-33-11-7-15-37(52)23-33)58-39-17-9-13-35(25-39)47(60-19-3-1-4-20-60)49(62)48(61-21-5-2-6-22-61)36-14-10-18-40(26-36)59-46-28-44(42(51)32-57-46)55-30-34-12-8-16-38(53)24-34/h7-18,23-28,31-32,47-48H,1-6,19-22,29-30H2,(H2,54,56,58)(H2,55,57,59). The van der Waals surface area contributed by atoms with Crippen molar-refractivity contribution in [3.8, 4) is 0 Å². The normalized spacial score (nSPS) is 15.7. The Hall–Kier alpha value is -5.59. The molecular formula is C49H50Cl2F2N8O. The van der Waals surface area contributed by atoms with Gasteiger partial charge in [-0.25, -0.2) is 18.7 Å². The van der Waals surface area contributed by atoms with Crippen LogP contribution in [-0.2, 0) is 17.9 Å². The Morgan fingerprint density at radius 2 is 0.984 bits per heavy atom. The molecule has 0 radical (unpaired) electrons. The number of rotatable bonds is 16. The average Bonchev–Trinajstić information content (AvgIpc) is 3.28. The molecule has 9 nitrogen and oxygen atoms in total. The van der Waals surface area contributed by atoms with Gasteiger partial charge in [0.15, 0.2) is 5.78 Å². The zero-order chi connectivity index (χ0) is 42.8. The quantitative estimate of drug-likeness (QED) is 0.0758. The second-order valence-electron chi connectivity index (χ2n) is 16.0. The van der Waals surface area contributed by atoms with Gasteiger partial charge in [0.1, 0.15) is 23.3 Å². The Kier molecular flexibility index (Phi) is 14.3. The Morgan fingerprint density at radius 3 is 1.40 bits per heavy atom. The van der Waals surface area contributed by atoms with Crippen molar-refractivity contribution >= 4 is 63.4 Å². The number of hydrogen-bond acceptors (Lipinski definition) is 9. The monoisotopic (exact) mass is 874 g/mol. The van der Waals surface area contributed by atoms with Gasteiger partial charge in [0.25, 0.3) is 0 Å². The Labute approximate surface area is 371 Å². The summed E-state index contributed by atoms with van der Waals surface area (Å²) in [6.45, 7) is 4.11. The molecule has 0 spiro atoms. The number of nitrogens with zero attached hydrogens (tertiary/aromatic N) is 4. The molecule has 2 atom stereocenters. The fourth-order valence-corrected chi connectivity index (χ4v) is 8.80. The van der Waals surface area contributed by atoms with Crippen molar-refractivity contribution in [1.82, 2.24) is 19.8 Å². The number of piperidine rings is 2. The number of halogens is 4. The predicted molar refractivity (Wildman–Crippen MR) is 247 cm³/mol. The largest absolute Gasteiger partial charge is 0.380 e. The summed E-state index contributed by atoms with van der Waals surface area (Å²) in [5.41, 5.74) is 6.34. The van der Waals surface area contributed by atoms with Crippen LogP contribution in [0.2, 0.25) is 10.0 Å². The van der Waals surface area contributed by atoms with Crippen molar-refractivity contribution in [2.24, 2.45) is 0 Å². The van der Waals surface area contributed by atoms with Crippen molar-refractivity contribution in [2.45, 2.75) is 63.7 Å². The average molecular weight is 876 g/mol. The van der Waals surface area contributed by atoms with E-state index in [1.165, 1.54) is 24.3 Å². The van der Waals surface area contributed by atoms with Crippen LogP contribution in [0.3, 0.4) is 0 Å². The summed E-state index contributed by atoms with van der Waals surface area (Å²) in [5, 5.41) is 14.4. The first-order chi connectivity index (χ1) is 30.3. The number of hydrogen-bond donors (Lipinski definition) is 4. The molecule has 6 aromatic rings. The number of anilines is 6. The summed E-state index contributed by atoms with van der Waals surface area (Å²) >= 11 is 13.1. The highest BCUT2D eigenvalue weighted by atomic mass is 35.5. The van der Waals surface area contributed by atoms with E-state index in [-0.39, 0.29) is 17.4 Å². The van der Waals surface area contributed by atoms with Crippen molar-refractivity contribution in [3.05, 3.63) is 166 Å². The summed E-state index contributed by atoms with van der Waals surface area (Å²) in [4.78, 5) is 29.3. The molecule has 4 heterocycles. The van der Waals surface area contributed by atoms with E-state index in [0.29, 0.717) is 46.1 Å². The van der Waals surface area contributed by atoms with Crippen LogP contribution >= 0.6 is 23.2 Å². The van der Waals surface area contributed by atoms with E-state index in [4.69, 9.17) is 23.2 Å². The number of Topliss-reactive ketones (excluding diaryl/α,β-unsaturated/α-hetero) is 1. The van der Waals surface area contributed by atoms with E-state index in [0.717, 1.165) is 98.3 Å². The number of likely N-dealkylation sites (tertiary alicyclic amines) is 2. The minimum atomic E-state index is -0.480. The lowest BCUT2D eigenvalue weighted by Crippen LogP contribution is -2.45. The maximum atomic E-state index is 15.5. The molecule has 2 aliphatic rings. The van der Waals surface area contributed by atoms with Crippen molar-refractivity contribution in [2.75, 3.05) is 47.4 Å². The van der Waals surface area contributed by atoms with Crippen molar-refractivity contribution in [1.29, 1.82) is 0 Å². The van der Waals surface area contributed by atoms with Crippen LogP contribution < -0.4 is 21.3 Å². The smallest absolute Gasteiger partial charge is 0.176 e. The number of carbonyl (C=O) groups excluding carboxylic acids is 1. The van der Waals surface area contributed by atoms with Gasteiger partial charge in [0, 0.05) is 36.6 Å². The Morgan fingerprint density at radius 1 is 0.565 bits per heavy atom. The fraction of sp³-hybridized carbons (Fsp3) is 0.286. The van der Waals surface area contributed by atoms with Crippen LogP contribution in [-0.4, -0.2) is 51.7 Å². The number of benzene rings is 4. The zero-order valence-corrected chi connectivity index (χ0v) is 35.9. The molecule has 2 fully saturated rings. The lowest BCUT2D eigenvalue weighted by Gasteiger charge is -2.40. The van der Waals surface area contributed by atoms with Gasteiger partial charge in [-0.05, 0) is 123 Å². The molecule has 62 heavy (non-hydrogen) atoms. The van der Waals surface area contributed by atoms with Gasteiger partial charge in [-0.15, -0.1) is 0 Å². The summed E-state index contributed by atoms with van der Waals surface area (Å²) in [6, 6.07) is 31.7. The number of aromatic nitrogens is 2. The summed E-state index contributed by atoms with van der Waals surface area (Å²) in [5.74, 6) is 0.710. The first-order valence-electron chi connectivity index (χ1n) is 21.3. The Bertz CT molecular complexity index is 2310. The summed E-state index contributed by atoms with van der Waals surface area (Å²) < 4.78 is 27.6. The molecule has 4 N–H and O–H groups in total. The van der Waals surface area contributed by atoms with E-state index < -0.39 is 12.1 Å². The molecule has 0 amide bonds. The third-order valence-electron chi connectivity index (χ3n) is 11.5. The maximum Gasteiger partial charge on any atom is 0.176 e. The second kappa shape index (κ2) is 20.5. The van der Waals surface area contributed by atoms with Gasteiger partial charge in [-0.1, -0.05) is 84.6 Å². The topological polar surface area (TPSA) is 97.5 Å². The number of nitrogens with one attached hydrogen (secondary N) is 4. The molecule has 0 bridgehead atoms. The first-order valence-corrected chi connectivity index (χ1v) is 22.0. The van der Waals surface area contributed by atoms with Crippen LogP contribution in [0.15, 0.2) is 122 Å². The van der Waals surface area contributed by atoms with Crippen LogP contribution in [0, 0.1) is 11.6 Å². The van der Waals surface area contributed by atoms with E-state index in [9.17, 15) is 8.78 Å². The third kappa shape index (κ3) is 11.1. The van der Waals surface area contributed by atoms with E-state index in [1.807, 2.05) is 48.5 Å². The molecule has 4 aromatic carbocycles. The van der Waals surface area contributed by atoms with E-state index in [1.54, 1.807) is 24.5 Å². The predicted octanol–water partition coefficient (Wildman–Crippen LogP) is 12.1. The molecule has 8 rings (SSSR count). The highest BCUT2D eigenvalue weighted by Gasteiger charge is 2.38. The maximum absolute atomic E-state index is 15.5. The molecule has 0 saturated carbocycles. The van der Waals surface area contributed by atoms with Gasteiger partial charge in [-0.3, -0.25) is 14.6 Å². The SMILES string of the molecule is O=C(C(c1cccc(Nc2cc(NCc3cccc(F)c3)c(Cl)cn2)c1)N1CCCCC1)C(c1cccc(Nc2cc(NCc3cccc(F)c3)c(Cl)cn2)c1)N1CCCCC1. The van der Waals surface area contributed by atoms with Gasteiger partial charge in [-0.2, -0.15) is 0 Å². The van der Waals surface area contributed by atoms with Gasteiger partial charge in [0.2, 0.25) is 0 Å². The molecule has 2 unspecified atom stereocenters. The van der Waals surface area contributed by atoms with Crippen LogP contribution in [0.1, 0.15) is 72.9 Å². The number of ketones is 1. The third-order valence-corrected chi connectivity index (χ3v) is 12.1. The minimum Gasteiger partial charge on any atom is -0.380 e. The van der Waals surface area contributed by atoms with Crippen molar-refractivity contribution in [3.63, 3.8) is 0 Å². The lowest BCUT2D eigenvalue weighted by molar-refractivity contribution is -0.131. The Balaban J connectivity index is 1.05.